The van der Waals surface area contributed by atoms with Gasteiger partial charge in [-0.05, 0) is 43.9 Å². The fraction of sp³-hybridized carbons (Fsp3) is 0.556. The van der Waals surface area contributed by atoms with Gasteiger partial charge in [0.1, 0.15) is 5.75 Å². The van der Waals surface area contributed by atoms with Gasteiger partial charge >= 0.3 is 5.97 Å². The zero-order chi connectivity index (χ0) is 16.8. The number of hydrogen-bond donors (Lipinski definition) is 0. The Morgan fingerprint density at radius 1 is 1.30 bits per heavy atom. The Labute approximate surface area is 137 Å². The Bertz CT molecular complexity index is 550. The second-order valence-electron chi connectivity index (χ2n) is 5.95. The molecule has 5 heteroatoms. The van der Waals surface area contributed by atoms with Gasteiger partial charge in [0.15, 0.2) is 6.10 Å². The van der Waals surface area contributed by atoms with Crippen molar-refractivity contribution < 1.29 is 19.1 Å². The maximum atomic E-state index is 12.6. The number of likely N-dealkylation sites (tertiary alicyclic amines) is 1. The van der Waals surface area contributed by atoms with E-state index in [4.69, 9.17) is 9.47 Å². The number of nitrogens with zero attached hydrogens (tertiary/aromatic N) is 1. The highest BCUT2D eigenvalue weighted by atomic mass is 16.5. The fourth-order valence-corrected chi connectivity index (χ4v) is 2.87. The van der Waals surface area contributed by atoms with Crippen molar-refractivity contribution in [2.24, 2.45) is 5.92 Å². The largest absolute Gasteiger partial charge is 0.481 e. The van der Waals surface area contributed by atoms with Crippen LogP contribution in [0.25, 0.3) is 0 Å². The summed E-state index contributed by atoms with van der Waals surface area (Å²) >= 11 is 0. The quantitative estimate of drug-likeness (QED) is 0.783. The third-order valence-corrected chi connectivity index (χ3v) is 4.26. The van der Waals surface area contributed by atoms with E-state index in [1.54, 1.807) is 4.90 Å². The molecule has 0 aliphatic carbocycles. The fourth-order valence-electron chi connectivity index (χ4n) is 2.87. The lowest BCUT2D eigenvalue weighted by Crippen LogP contribution is -2.46. The molecule has 1 aliphatic rings. The number of esters is 1. The first kappa shape index (κ1) is 17.3. The van der Waals surface area contributed by atoms with Gasteiger partial charge in [0.05, 0.1) is 13.0 Å². The van der Waals surface area contributed by atoms with Crippen molar-refractivity contribution in [3.63, 3.8) is 0 Å². The number of hydrogen-bond acceptors (Lipinski definition) is 4. The van der Waals surface area contributed by atoms with Crippen LogP contribution in [0.1, 0.15) is 31.7 Å². The van der Waals surface area contributed by atoms with Crippen LogP contribution in [0.3, 0.4) is 0 Å². The minimum atomic E-state index is -0.480. The van der Waals surface area contributed by atoms with E-state index < -0.39 is 6.10 Å². The van der Waals surface area contributed by atoms with E-state index in [-0.39, 0.29) is 17.8 Å². The molecule has 1 aromatic rings. The van der Waals surface area contributed by atoms with Crippen LogP contribution in [-0.2, 0) is 14.3 Å². The summed E-state index contributed by atoms with van der Waals surface area (Å²) in [6.07, 6.45) is 1.44. The molecular weight excluding hydrogens is 294 g/mol. The number of methoxy groups -OCH3 is 1. The second kappa shape index (κ2) is 7.99. The van der Waals surface area contributed by atoms with Gasteiger partial charge in [-0.25, -0.2) is 0 Å². The van der Waals surface area contributed by atoms with Crippen molar-refractivity contribution in [2.75, 3.05) is 20.2 Å². The number of carbonyl (C=O) groups is 2. The smallest absolute Gasteiger partial charge is 0.308 e. The van der Waals surface area contributed by atoms with E-state index in [0.717, 1.165) is 11.3 Å². The Balaban J connectivity index is 1.94. The zero-order valence-electron chi connectivity index (χ0n) is 14.1. The maximum absolute atomic E-state index is 12.6. The predicted molar refractivity (Wildman–Crippen MR) is 87.2 cm³/mol. The summed E-state index contributed by atoms with van der Waals surface area (Å²) in [5, 5.41) is 0. The second-order valence-corrected chi connectivity index (χ2v) is 5.95. The molecule has 0 bridgehead atoms. The zero-order valence-corrected chi connectivity index (χ0v) is 14.1. The Morgan fingerprint density at radius 3 is 2.57 bits per heavy atom. The van der Waals surface area contributed by atoms with Gasteiger partial charge < -0.3 is 14.4 Å². The summed E-state index contributed by atoms with van der Waals surface area (Å²) in [5.74, 6) is 0.439. The first-order valence-corrected chi connectivity index (χ1v) is 8.15. The van der Waals surface area contributed by atoms with Gasteiger partial charge in [0.25, 0.3) is 5.91 Å². The molecule has 1 unspecified atom stereocenters. The average Bonchev–Trinajstić information content (AvgIpc) is 2.58. The molecule has 1 saturated heterocycles. The summed E-state index contributed by atoms with van der Waals surface area (Å²) in [5.41, 5.74) is 1.10. The van der Waals surface area contributed by atoms with Gasteiger partial charge in [-0.15, -0.1) is 0 Å². The maximum Gasteiger partial charge on any atom is 0.308 e. The summed E-state index contributed by atoms with van der Waals surface area (Å²) in [6.45, 7) is 5.09. The summed E-state index contributed by atoms with van der Waals surface area (Å²) < 4.78 is 10.6. The molecule has 1 aromatic carbocycles. The highest BCUT2D eigenvalue weighted by Gasteiger charge is 2.31. The minimum absolute atomic E-state index is 0.00248. The van der Waals surface area contributed by atoms with Gasteiger partial charge in [0.2, 0.25) is 0 Å². The summed E-state index contributed by atoms with van der Waals surface area (Å²) in [4.78, 5) is 26.0. The number of ether oxygens (including phenoxy) is 2. The van der Waals surface area contributed by atoms with Crippen LogP contribution in [0.15, 0.2) is 24.3 Å². The number of rotatable bonds is 5. The summed E-state index contributed by atoms with van der Waals surface area (Å²) in [6, 6.07) is 7.71. The topological polar surface area (TPSA) is 55.8 Å². The number of piperidine rings is 1. The highest BCUT2D eigenvalue weighted by molar-refractivity contribution is 5.81. The van der Waals surface area contributed by atoms with Crippen LogP contribution in [-0.4, -0.2) is 43.1 Å². The van der Waals surface area contributed by atoms with E-state index >= 15 is 0 Å². The third kappa shape index (κ3) is 4.47. The molecular formula is C18H25NO4. The van der Waals surface area contributed by atoms with Crippen LogP contribution >= 0.6 is 0 Å². The first-order chi connectivity index (χ1) is 11.0. The lowest BCUT2D eigenvalue weighted by atomic mass is 9.96. The van der Waals surface area contributed by atoms with E-state index in [2.05, 4.69) is 0 Å². The predicted octanol–water partition coefficient (Wildman–Crippen LogP) is 2.56. The number of benzene rings is 1. The molecule has 1 amide bonds. The molecule has 1 atom stereocenters. The Morgan fingerprint density at radius 2 is 2.00 bits per heavy atom. The standard InChI is InChI=1S/C18H25NO4/c1-4-16(23-15-7-5-6-13(2)12-15)17(20)19-10-8-14(9-11-19)18(21)22-3/h5-7,12,14,16H,4,8-11H2,1-3H3. The molecule has 0 saturated carbocycles. The van der Waals surface area contributed by atoms with E-state index in [9.17, 15) is 9.59 Å². The van der Waals surface area contributed by atoms with Crippen LogP contribution < -0.4 is 4.74 Å². The molecule has 1 aliphatic heterocycles. The van der Waals surface area contributed by atoms with Crippen LogP contribution in [0, 0.1) is 12.8 Å². The van der Waals surface area contributed by atoms with Gasteiger partial charge in [-0.1, -0.05) is 19.1 Å². The number of aryl methyl sites for hydroxylation is 1. The minimum Gasteiger partial charge on any atom is -0.481 e. The SMILES string of the molecule is CCC(Oc1cccc(C)c1)C(=O)N1CCC(C(=O)OC)CC1. The molecule has 126 valence electrons. The van der Waals surface area contributed by atoms with Crippen molar-refractivity contribution in [1.82, 2.24) is 4.90 Å². The van der Waals surface area contributed by atoms with E-state index in [1.165, 1.54) is 7.11 Å². The van der Waals surface area contributed by atoms with Crippen LogP contribution in [0.4, 0.5) is 0 Å². The molecule has 1 fully saturated rings. The van der Waals surface area contributed by atoms with Gasteiger partial charge in [-0.2, -0.15) is 0 Å². The number of amides is 1. The molecule has 5 nitrogen and oxygen atoms in total. The third-order valence-electron chi connectivity index (χ3n) is 4.26. The highest BCUT2D eigenvalue weighted by Crippen LogP contribution is 2.21. The van der Waals surface area contributed by atoms with Gasteiger partial charge in [0, 0.05) is 13.1 Å². The average molecular weight is 319 g/mol. The molecule has 1 heterocycles. The monoisotopic (exact) mass is 319 g/mol. The van der Waals surface area contributed by atoms with Crippen molar-refractivity contribution in [2.45, 2.75) is 39.2 Å². The molecule has 0 radical (unpaired) electrons. The normalized spacial score (nSPS) is 16.7. The lowest BCUT2D eigenvalue weighted by molar-refractivity contribution is -0.150. The molecule has 0 spiro atoms. The number of carbonyl (C=O) groups excluding carboxylic acids is 2. The van der Waals surface area contributed by atoms with Gasteiger partial charge in [-0.3, -0.25) is 9.59 Å². The first-order valence-electron chi connectivity index (χ1n) is 8.15. The molecule has 2 rings (SSSR count). The Hall–Kier alpha value is -2.04. The lowest BCUT2D eigenvalue weighted by Gasteiger charge is -2.33. The van der Waals surface area contributed by atoms with Crippen molar-refractivity contribution in [1.29, 1.82) is 0 Å². The van der Waals surface area contributed by atoms with E-state index in [0.29, 0.717) is 32.4 Å². The van der Waals surface area contributed by atoms with Crippen LogP contribution in [0.2, 0.25) is 0 Å². The van der Waals surface area contributed by atoms with Crippen molar-refractivity contribution >= 4 is 11.9 Å². The van der Waals surface area contributed by atoms with E-state index in [1.807, 2.05) is 38.1 Å². The Kier molecular flexibility index (Phi) is 6.02. The molecule has 23 heavy (non-hydrogen) atoms. The van der Waals surface area contributed by atoms with Crippen molar-refractivity contribution in [3.8, 4) is 5.75 Å². The van der Waals surface area contributed by atoms with Crippen molar-refractivity contribution in [3.05, 3.63) is 29.8 Å². The molecule has 0 N–H and O–H groups in total. The van der Waals surface area contributed by atoms with Crippen LogP contribution in [0.5, 0.6) is 5.75 Å². The molecule has 0 aromatic heterocycles. The summed E-state index contributed by atoms with van der Waals surface area (Å²) in [7, 11) is 1.41.